The average Bonchev–Trinajstić information content (AvgIpc) is 3.80. The number of hydrogen-bond donors (Lipinski definition) is 13. The first-order valence-corrected chi connectivity index (χ1v) is 20.1. The molecular formula is C36H51N9O14S. The Morgan fingerprint density at radius 3 is 2.03 bits per heavy atom. The molecule has 0 spiro atoms. The molecule has 2 aromatic rings. The number of hydrogen-bond acceptors (Lipinski definition) is 14. The summed E-state index contributed by atoms with van der Waals surface area (Å²) in [5.41, 5.74) is 12.4. The molecule has 0 aliphatic carbocycles. The van der Waals surface area contributed by atoms with Gasteiger partial charge in [-0.2, -0.15) is 11.8 Å². The lowest BCUT2D eigenvalue weighted by molar-refractivity contribution is -0.143. The number of aliphatic hydroxyl groups is 3. The number of carboxylic acids is 2. The van der Waals surface area contributed by atoms with Crippen LogP contribution in [0.5, 0.6) is 0 Å². The number of nitrogens with two attached hydrogens (primary N) is 2. The van der Waals surface area contributed by atoms with E-state index in [9.17, 15) is 63.6 Å². The molecule has 24 heteroatoms. The van der Waals surface area contributed by atoms with Gasteiger partial charge in [0.2, 0.25) is 41.4 Å². The maximum absolute atomic E-state index is 13.8. The maximum Gasteiger partial charge on any atom is 0.328 e. The number of nitrogens with zero attached hydrogens (tertiary/aromatic N) is 1. The number of aliphatic hydroxyl groups excluding tert-OH is 3. The number of aromatic nitrogens is 1. The fraction of sp³-hybridized carbons (Fsp3) is 0.528. The lowest BCUT2D eigenvalue weighted by Gasteiger charge is -2.29. The minimum Gasteiger partial charge on any atom is -0.481 e. The number of carbonyl (C=O) groups is 9. The van der Waals surface area contributed by atoms with Crippen molar-refractivity contribution in [1.29, 1.82) is 0 Å². The van der Waals surface area contributed by atoms with E-state index in [2.05, 4.69) is 31.6 Å². The minimum atomic E-state index is -1.81. The summed E-state index contributed by atoms with van der Waals surface area (Å²) in [5.74, 6) is -9.72. The summed E-state index contributed by atoms with van der Waals surface area (Å²) in [6, 6.07) is -4.06. The third-order valence-electron chi connectivity index (χ3n) is 9.53. The number of para-hydroxylation sites is 1. The Kier molecular flexibility index (Phi) is 18.7. The first kappa shape index (κ1) is 48.5. The molecule has 0 radical (unpaired) electrons. The fourth-order valence-corrected chi connectivity index (χ4v) is 6.80. The molecule has 60 heavy (non-hydrogen) atoms. The molecule has 3 rings (SSSR count). The third-order valence-corrected chi connectivity index (χ3v) is 10.2. The molecular weight excluding hydrogens is 815 g/mol. The molecule has 15 N–H and O–H groups in total. The smallest absolute Gasteiger partial charge is 0.328 e. The van der Waals surface area contributed by atoms with Crippen molar-refractivity contribution in [2.24, 2.45) is 11.5 Å². The Hall–Kier alpha value is -5.82. The van der Waals surface area contributed by atoms with Crippen molar-refractivity contribution in [3.05, 3.63) is 36.0 Å². The summed E-state index contributed by atoms with van der Waals surface area (Å²) in [4.78, 5) is 119. The molecule has 1 aliphatic rings. The van der Waals surface area contributed by atoms with Crippen molar-refractivity contribution >= 4 is 76.0 Å². The highest BCUT2D eigenvalue weighted by Gasteiger charge is 2.44. The summed E-state index contributed by atoms with van der Waals surface area (Å²) >= 11 is 1.29. The van der Waals surface area contributed by atoms with Gasteiger partial charge in [0.1, 0.15) is 36.3 Å². The van der Waals surface area contributed by atoms with Crippen molar-refractivity contribution in [1.82, 2.24) is 36.5 Å². The van der Waals surface area contributed by atoms with Crippen LogP contribution >= 0.6 is 11.8 Å². The summed E-state index contributed by atoms with van der Waals surface area (Å²) in [7, 11) is 0. The standard InChI is InChI=1S/C36H51N9O14S/c1-60-11-9-21(30(52)41-22(31(53)44-25(16-47)36(58)59)12-17-14-39-20-5-3-2-4-18(17)20)40-33(55)24(15-46)43-32(54)23(13-27(38)49)42-34(56)29-26(48)8-10-45(29)35(57)19(37)6-7-28(50)51/h2-5,14,19,21-26,29,39,46-48H,6-13,15-16,37H2,1H3,(H2,38,49)(H,40,55)(H,41,52)(H,42,56)(H,43,54)(H,44,53)(H,50,51)(H,58,59)/t19-,21-,22-,23-,24-,25-,26-,29-/m0/s1. The number of carboxylic acid groups (broad SMARTS) is 2. The van der Waals surface area contributed by atoms with Crippen LogP contribution in [0.4, 0.5) is 0 Å². The van der Waals surface area contributed by atoms with E-state index in [4.69, 9.17) is 16.6 Å². The summed E-state index contributed by atoms with van der Waals surface area (Å²) < 4.78 is 0. The van der Waals surface area contributed by atoms with E-state index < -0.39 is 128 Å². The summed E-state index contributed by atoms with van der Waals surface area (Å²) in [6.45, 7) is -2.17. The monoisotopic (exact) mass is 865 g/mol. The van der Waals surface area contributed by atoms with E-state index >= 15 is 0 Å². The SMILES string of the molecule is CSCC[C@H](NC(=O)[C@H](CO)NC(=O)[C@H](CC(N)=O)NC(=O)[C@@H]1[C@@H](O)CCN1C(=O)[C@@H](N)CCC(=O)O)C(=O)N[C@@H](Cc1c[nH]c2ccccc12)C(=O)N[C@@H](CO)C(=O)O. The zero-order valence-electron chi connectivity index (χ0n) is 32.5. The second-order valence-electron chi connectivity index (χ2n) is 13.9. The molecule has 1 aliphatic heterocycles. The van der Waals surface area contributed by atoms with Crippen LogP contribution < -0.4 is 38.1 Å². The van der Waals surface area contributed by atoms with Crippen molar-refractivity contribution in [3.63, 3.8) is 0 Å². The molecule has 1 aromatic carbocycles. The molecule has 1 fully saturated rings. The van der Waals surface area contributed by atoms with Gasteiger partial charge in [0.05, 0.1) is 31.8 Å². The van der Waals surface area contributed by atoms with Crippen LogP contribution in [0.15, 0.2) is 30.5 Å². The van der Waals surface area contributed by atoms with Crippen LogP contribution in [0.3, 0.4) is 0 Å². The van der Waals surface area contributed by atoms with Crippen molar-refractivity contribution in [3.8, 4) is 0 Å². The van der Waals surface area contributed by atoms with Gasteiger partial charge >= 0.3 is 11.9 Å². The van der Waals surface area contributed by atoms with Gasteiger partial charge in [-0.05, 0) is 42.9 Å². The number of H-pyrrole nitrogens is 1. The number of carbonyl (C=O) groups excluding carboxylic acids is 7. The number of benzene rings is 1. The normalized spacial score (nSPS) is 17.9. The molecule has 2 heterocycles. The fourth-order valence-electron chi connectivity index (χ4n) is 6.33. The molecule has 1 saturated heterocycles. The van der Waals surface area contributed by atoms with Gasteiger partial charge in [0, 0.05) is 36.5 Å². The van der Waals surface area contributed by atoms with Crippen LogP contribution in [0, 0.1) is 0 Å². The lowest BCUT2D eigenvalue weighted by Crippen LogP contribution is -2.61. The highest BCUT2D eigenvalue weighted by atomic mass is 32.2. The Morgan fingerprint density at radius 1 is 0.833 bits per heavy atom. The van der Waals surface area contributed by atoms with Crippen LogP contribution in [-0.2, 0) is 49.6 Å². The molecule has 330 valence electrons. The van der Waals surface area contributed by atoms with Gasteiger partial charge in [-0.25, -0.2) is 4.79 Å². The maximum atomic E-state index is 13.8. The van der Waals surface area contributed by atoms with E-state index in [1.807, 2.05) is 0 Å². The topological polar surface area (TPSA) is 386 Å². The van der Waals surface area contributed by atoms with Crippen LogP contribution in [0.2, 0.25) is 0 Å². The molecule has 0 bridgehead atoms. The summed E-state index contributed by atoms with van der Waals surface area (Å²) in [6.07, 6.45) is 0.00979. The van der Waals surface area contributed by atoms with Gasteiger partial charge < -0.3 is 73.5 Å². The average molecular weight is 866 g/mol. The van der Waals surface area contributed by atoms with Crippen LogP contribution in [-0.4, -0.2) is 169 Å². The number of aromatic amines is 1. The van der Waals surface area contributed by atoms with Crippen molar-refractivity contribution in [2.75, 3.05) is 31.8 Å². The first-order valence-electron chi connectivity index (χ1n) is 18.7. The van der Waals surface area contributed by atoms with Gasteiger partial charge in [-0.15, -0.1) is 0 Å². The van der Waals surface area contributed by atoms with E-state index in [0.29, 0.717) is 16.5 Å². The van der Waals surface area contributed by atoms with E-state index in [-0.39, 0.29) is 38.0 Å². The number of primary amides is 1. The predicted molar refractivity (Wildman–Crippen MR) is 211 cm³/mol. The number of amides is 7. The van der Waals surface area contributed by atoms with Crippen molar-refractivity contribution in [2.45, 2.75) is 86.9 Å². The quantitative estimate of drug-likeness (QED) is 0.0470. The van der Waals surface area contributed by atoms with Crippen molar-refractivity contribution < 1.29 is 68.7 Å². The molecule has 7 amide bonds. The van der Waals surface area contributed by atoms with Gasteiger partial charge in [-0.3, -0.25) is 38.4 Å². The van der Waals surface area contributed by atoms with Crippen LogP contribution in [0.25, 0.3) is 10.9 Å². The van der Waals surface area contributed by atoms with Crippen LogP contribution in [0.1, 0.15) is 37.7 Å². The van der Waals surface area contributed by atoms with Gasteiger partial charge in [0.25, 0.3) is 0 Å². The number of thioether (sulfide) groups is 1. The zero-order valence-corrected chi connectivity index (χ0v) is 33.3. The Labute approximate surface area is 346 Å². The van der Waals surface area contributed by atoms with E-state index in [0.717, 1.165) is 4.90 Å². The molecule has 0 unspecified atom stereocenters. The number of nitrogens with one attached hydrogen (secondary N) is 6. The Bertz CT molecular complexity index is 1900. The first-order chi connectivity index (χ1) is 28.4. The lowest BCUT2D eigenvalue weighted by atomic mass is 10.0. The predicted octanol–water partition coefficient (Wildman–Crippen LogP) is -5.01. The second kappa shape index (κ2) is 23.1. The number of aliphatic carboxylic acids is 2. The number of likely N-dealkylation sites (tertiary alicyclic amines) is 1. The second-order valence-corrected chi connectivity index (χ2v) is 14.9. The zero-order chi connectivity index (χ0) is 44.7. The van der Waals surface area contributed by atoms with E-state index in [1.54, 1.807) is 36.7 Å². The van der Waals surface area contributed by atoms with Gasteiger partial charge in [-0.1, -0.05) is 18.2 Å². The molecule has 1 aromatic heterocycles. The third kappa shape index (κ3) is 13.6. The summed E-state index contributed by atoms with van der Waals surface area (Å²) in [5, 5.41) is 60.8. The molecule has 23 nitrogen and oxygen atoms in total. The Balaban J connectivity index is 1.79. The number of rotatable bonds is 24. The van der Waals surface area contributed by atoms with E-state index in [1.165, 1.54) is 11.8 Å². The number of fused-ring (bicyclic) bond motifs is 1. The minimum absolute atomic E-state index is 0.0418. The van der Waals surface area contributed by atoms with Gasteiger partial charge in [0.15, 0.2) is 0 Å². The highest BCUT2D eigenvalue weighted by molar-refractivity contribution is 7.98. The largest absolute Gasteiger partial charge is 0.481 e. The Morgan fingerprint density at radius 2 is 1.42 bits per heavy atom. The highest BCUT2D eigenvalue weighted by Crippen LogP contribution is 2.21. The molecule has 8 atom stereocenters. The molecule has 0 saturated carbocycles.